The third-order valence-electron chi connectivity index (χ3n) is 3.36. The van der Waals surface area contributed by atoms with Gasteiger partial charge < -0.3 is 9.73 Å². The second-order valence-corrected chi connectivity index (χ2v) is 4.56. The van der Waals surface area contributed by atoms with Crippen molar-refractivity contribution in [1.29, 1.82) is 0 Å². The molecule has 1 aliphatic rings. The number of benzene rings is 1. The van der Waals surface area contributed by atoms with Crippen LogP contribution < -0.4 is 5.32 Å². The average molecular weight is 267 g/mol. The van der Waals surface area contributed by atoms with Gasteiger partial charge in [0, 0.05) is 18.5 Å². The minimum absolute atomic E-state index is 0.0928. The monoisotopic (exact) mass is 267 g/mol. The Bertz CT molecular complexity index is 571. The zero-order chi connectivity index (χ0) is 13.5. The normalized spacial score (nSPS) is 19.2. The summed E-state index contributed by atoms with van der Waals surface area (Å²) in [5, 5.41) is 3.29. The van der Waals surface area contributed by atoms with Crippen LogP contribution in [0.3, 0.4) is 0 Å². The molecule has 0 bridgehead atoms. The topological polar surface area (TPSA) is 25.2 Å². The van der Waals surface area contributed by atoms with E-state index in [1.165, 1.54) is 12.1 Å². The van der Waals surface area contributed by atoms with Crippen molar-refractivity contribution in [2.75, 3.05) is 6.54 Å². The fourth-order valence-corrected chi connectivity index (χ4v) is 2.41. The Labute approximate surface area is 108 Å². The summed E-state index contributed by atoms with van der Waals surface area (Å²) in [4.78, 5) is 0. The van der Waals surface area contributed by atoms with E-state index in [0.29, 0.717) is 0 Å². The van der Waals surface area contributed by atoms with Gasteiger partial charge >= 0.3 is 6.18 Å². The molecule has 100 valence electrons. The molecule has 0 aliphatic carbocycles. The standard InChI is InChI=1S/C14H12F3NO/c15-14(16,17)10-3-1-9(2-4-10)13-11-6-8-19-12(11)5-7-18-13/h1-4,6,8,13,18H,5,7H2. The lowest BCUT2D eigenvalue weighted by atomic mass is 9.94. The molecule has 0 spiro atoms. The highest BCUT2D eigenvalue weighted by molar-refractivity contribution is 5.36. The van der Waals surface area contributed by atoms with Gasteiger partial charge in [-0.2, -0.15) is 13.2 Å². The lowest BCUT2D eigenvalue weighted by molar-refractivity contribution is -0.137. The smallest absolute Gasteiger partial charge is 0.416 e. The number of hydrogen-bond donors (Lipinski definition) is 1. The Hall–Kier alpha value is -1.75. The molecule has 0 saturated carbocycles. The number of alkyl halides is 3. The van der Waals surface area contributed by atoms with Crippen LogP contribution in [0.1, 0.15) is 28.5 Å². The third kappa shape index (κ3) is 2.26. The fourth-order valence-electron chi connectivity index (χ4n) is 2.41. The van der Waals surface area contributed by atoms with Gasteiger partial charge in [0.15, 0.2) is 0 Å². The largest absolute Gasteiger partial charge is 0.469 e. The zero-order valence-corrected chi connectivity index (χ0v) is 10.00. The van der Waals surface area contributed by atoms with Crippen molar-refractivity contribution in [1.82, 2.24) is 5.32 Å². The number of hydrogen-bond acceptors (Lipinski definition) is 2. The quantitative estimate of drug-likeness (QED) is 0.855. The van der Waals surface area contributed by atoms with E-state index in [0.717, 1.165) is 42.0 Å². The zero-order valence-electron chi connectivity index (χ0n) is 10.00. The van der Waals surface area contributed by atoms with E-state index in [9.17, 15) is 13.2 Å². The third-order valence-corrected chi connectivity index (χ3v) is 3.36. The van der Waals surface area contributed by atoms with Crippen LogP contribution in [0.25, 0.3) is 0 Å². The molecule has 5 heteroatoms. The summed E-state index contributed by atoms with van der Waals surface area (Å²) in [6.45, 7) is 0.756. The van der Waals surface area contributed by atoms with Gasteiger partial charge in [-0.25, -0.2) is 0 Å². The van der Waals surface area contributed by atoms with Crippen molar-refractivity contribution in [3.05, 3.63) is 59.0 Å². The van der Waals surface area contributed by atoms with Crippen LogP contribution in [0, 0.1) is 0 Å². The Balaban J connectivity index is 1.93. The Kier molecular flexibility index (Phi) is 2.86. The fraction of sp³-hybridized carbons (Fsp3) is 0.286. The number of nitrogens with one attached hydrogen (secondary N) is 1. The van der Waals surface area contributed by atoms with Crippen LogP contribution in [0.15, 0.2) is 41.0 Å². The molecule has 0 saturated heterocycles. The predicted molar refractivity (Wildman–Crippen MR) is 63.7 cm³/mol. The summed E-state index contributed by atoms with van der Waals surface area (Å²) in [5.41, 5.74) is 1.20. The maximum Gasteiger partial charge on any atom is 0.416 e. The summed E-state index contributed by atoms with van der Waals surface area (Å²) < 4.78 is 42.9. The summed E-state index contributed by atoms with van der Waals surface area (Å²) in [7, 11) is 0. The lowest BCUT2D eigenvalue weighted by Gasteiger charge is -2.24. The molecule has 2 aromatic rings. The molecule has 1 unspecified atom stereocenters. The molecule has 1 atom stereocenters. The van der Waals surface area contributed by atoms with Crippen molar-refractivity contribution >= 4 is 0 Å². The number of rotatable bonds is 1. The molecule has 0 amide bonds. The maximum atomic E-state index is 12.5. The molecule has 3 rings (SSSR count). The van der Waals surface area contributed by atoms with Crippen molar-refractivity contribution < 1.29 is 17.6 Å². The van der Waals surface area contributed by atoms with E-state index >= 15 is 0 Å². The van der Waals surface area contributed by atoms with Gasteiger partial charge in [-0.05, 0) is 23.8 Å². The van der Waals surface area contributed by atoms with Crippen LogP contribution in [-0.4, -0.2) is 6.54 Å². The van der Waals surface area contributed by atoms with Gasteiger partial charge in [0.2, 0.25) is 0 Å². The first kappa shape index (κ1) is 12.3. The molecule has 2 nitrogen and oxygen atoms in total. The molecule has 1 aliphatic heterocycles. The number of halogens is 3. The first-order valence-corrected chi connectivity index (χ1v) is 6.02. The van der Waals surface area contributed by atoms with Crippen molar-refractivity contribution in [2.24, 2.45) is 0 Å². The molecule has 2 heterocycles. The molecule has 1 aromatic carbocycles. The van der Waals surface area contributed by atoms with Crippen LogP contribution in [0.2, 0.25) is 0 Å². The Morgan fingerprint density at radius 1 is 1.11 bits per heavy atom. The van der Waals surface area contributed by atoms with Crippen LogP contribution in [-0.2, 0) is 12.6 Å². The van der Waals surface area contributed by atoms with Crippen LogP contribution in [0.4, 0.5) is 13.2 Å². The van der Waals surface area contributed by atoms with Gasteiger partial charge in [0.1, 0.15) is 5.76 Å². The maximum absolute atomic E-state index is 12.5. The van der Waals surface area contributed by atoms with E-state index in [4.69, 9.17) is 4.42 Å². The van der Waals surface area contributed by atoms with Crippen LogP contribution >= 0.6 is 0 Å². The molecule has 1 aromatic heterocycles. The molecule has 19 heavy (non-hydrogen) atoms. The van der Waals surface area contributed by atoms with Crippen molar-refractivity contribution in [3.8, 4) is 0 Å². The summed E-state index contributed by atoms with van der Waals surface area (Å²) >= 11 is 0. The summed E-state index contributed by atoms with van der Waals surface area (Å²) in [6.07, 6.45) is -1.87. The lowest BCUT2D eigenvalue weighted by Crippen LogP contribution is -2.29. The van der Waals surface area contributed by atoms with E-state index in [-0.39, 0.29) is 6.04 Å². The van der Waals surface area contributed by atoms with Gasteiger partial charge in [-0.3, -0.25) is 0 Å². The van der Waals surface area contributed by atoms with Gasteiger partial charge in [0.25, 0.3) is 0 Å². The first-order chi connectivity index (χ1) is 9.05. The summed E-state index contributed by atoms with van der Waals surface area (Å²) in [6, 6.07) is 7.04. The Morgan fingerprint density at radius 3 is 2.53 bits per heavy atom. The number of furan rings is 1. The highest BCUT2D eigenvalue weighted by Crippen LogP contribution is 2.33. The molecule has 0 radical (unpaired) electrons. The van der Waals surface area contributed by atoms with E-state index in [1.807, 2.05) is 6.07 Å². The Morgan fingerprint density at radius 2 is 1.84 bits per heavy atom. The average Bonchev–Trinajstić information content (AvgIpc) is 2.86. The van der Waals surface area contributed by atoms with Crippen molar-refractivity contribution in [3.63, 3.8) is 0 Å². The minimum Gasteiger partial charge on any atom is -0.469 e. The van der Waals surface area contributed by atoms with E-state index in [2.05, 4.69) is 5.32 Å². The van der Waals surface area contributed by atoms with Gasteiger partial charge in [-0.1, -0.05) is 12.1 Å². The second-order valence-electron chi connectivity index (χ2n) is 4.56. The SMILES string of the molecule is FC(F)(F)c1ccc(C2NCCc3occc32)cc1. The highest BCUT2D eigenvalue weighted by atomic mass is 19.4. The molecule has 0 fully saturated rings. The first-order valence-electron chi connectivity index (χ1n) is 6.02. The second kappa shape index (κ2) is 4.42. The van der Waals surface area contributed by atoms with E-state index < -0.39 is 11.7 Å². The molecular weight excluding hydrogens is 255 g/mol. The predicted octanol–water partition coefficient (Wildman–Crippen LogP) is 3.53. The van der Waals surface area contributed by atoms with Gasteiger partial charge in [-0.15, -0.1) is 0 Å². The summed E-state index contributed by atoms with van der Waals surface area (Å²) in [5.74, 6) is 0.906. The van der Waals surface area contributed by atoms with Gasteiger partial charge in [0.05, 0.1) is 17.9 Å². The van der Waals surface area contributed by atoms with Crippen LogP contribution in [0.5, 0.6) is 0 Å². The van der Waals surface area contributed by atoms with E-state index in [1.54, 1.807) is 6.26 Å². The van der Waals surface area contributed by atoms with Crippen molar-refractivity contribution in [2.45, 2.75) is 18.6 Å². The highest BCUT2D eigenvalue weighted by Gasteiger charge is 2.31. The molecular formula is C14H12F3NO. The minimum atomic E-state index is -4.29. The molecule has 1 N–H and O–H groups in total. The number of fused-ring (bicyclic) bond motifs is 1.